The van der Waals surface area contributed by atoms with Crippen LogP contribution in [0.4, 0.5) is 22.7 Å². The summed E-state index contributed by atoms with van der Waals surface area (Å²) in [5, 5.41) is 15.9. The second-order valence-corrected chi connectivity index (χ2v) is 9.81. The topological polar surface area (TPSA) is 123 Å². The second kappa shape index (κ2) is 11.4. The predicted octanol–water partition coefficient (Wildman–Crippen LogP) is 5.17. The van der Waals surface area contributed by atoms with Crippen LogP contribution in [0.5, 0.6) is 11.5 Å². The van der Waals surface area contributed by atoms with E-state index in [1.165, 1.54) is 13.8 Å². The average Bonchev–Trinajstić information content (AvgIpc) is 3.35. The van der Waals surface area contributed by atoms with Crippen molar-refractivity contribution in [1.82, 2.24) is 9.97 Å². The molecule has 208 valence electrons. The van der Waals surface area contributed by atoms with Gasteiger partial charge in [0.15, 0.2) is 5.75 Å². The van der Waals surface area contributed by atoms with Crippen molar-refractivity contribution in [3.8, 4) is 45.4 Å². The number of methoxy groups -OCH3 is 1. The van der Waals surface area contributed by atoms with Gasteiger partial charge in [0.1, 0.15) is 11.6 Å². The number of hydrogen-bond donors (Lipinski definition) is 4. The van der Waals surface area contributed by atoms with E-state index in [-0.39, 0.29) is 28.9 Å². The van der Waals surface area contributed by atoms with Crippen molar-refractivity contribution >= 4 is 34.6 Å². The van der Waals surface area contributed by atoms with Crippen molar-refractivity contribution in [3.63, 3.8) is 0 Å². The summed E-state index contributed by atoms with van der Waals surface area (Å²) in [4.78, 5) is 36.1. The molecule has 2 amide bonds. The number of aromatic amines is 1. The van der Waals surface area contributed by atoms with Gasteiger partial charge in [-0.15, -0.1) is 0 Å². The quantitative estimate of drug-likeness (QED) is 0.227. The number of benzene rings is 3. The maximum absolute atomic E-state index is 11.8. The van der Waals surface area contributed by atoms with Crippen molar-refractivity contribution < 1.29 is 19.4 Å². The van der Waals surface area contributed by atoms with Crippen LogP contribution >= 0.6 is 0 Å². The SMILES string of the molecule is COc1cc(N(C)C)ccc1-c1[nH]c(-c2cc(NC(C)=O)c(O)c(NC(C)=O)c2)nc1-c1ccc(N(C)C)cc1. The Kier molecular flexibility index (Phi) is 7.99. The molecule has 0 fully saturated rings. The third-order valence-electron chi connectivity index (χ3n) is 6.34. The number of hydrogen-bond acceptors (Lipinski definition) is 7. The molecule has 0 radical (unpaired) electrons. The van der Waals surface area contributed by atoms with Crippen LogP contribution in [0.2, 0.25) is 0 Å². The van der Waals surface area contributed by atoms with Crippen molar-refractivity contribution in [2.24, 2.45) is 0 Å². The van der Waals surface area contributed by atoms with Gasteiger partial charge in [0.25, 0.3) is 0 Å². The molecule has 0 aliphatic heterocycles. The minimum absolute atomic E-state index is 0.150. The molecule has 0 aliphatic carbocycles. The van der Waals surface area contributed by atoms with Crippen LogP contribution < -0.4 is 25.2 Å². The number of nitrogens with zero attached hydrogens (tertiary/aromatic N) is 3. The smallest absolute Gasteiger partial charge is 0.221 e. The summed E-state index contributed by atoms with van der Waals surface area (Å²) in [6.45, 7) is 2.68. The van der Waals surface area contributed by atoms with Gasteiger partial charge in [-0.1, -0.05) is 12.1 Å². The Balaban J connectivity index is 1.96. The first-order valence-electron chi connectivity index (χ1n) is 12.6. The number of phenols is 1. The van der Waals surface area contributed by atoms with E-state index in [9.17, 15) is 14.7 Å². The highest BCUT2D eigenvalue weighted by Gasteiger charge is 2.21. The number of amides is 2. The van der Waals surface area contributed by atoms with Gasteiger partial charge >= 0.3 is 0 Å². The van der Waals surface area contributed by atoms with Gasteiger partial charge in [-0.25, -0.2) is 4.98 Å². The maximum Gasteiger partial charge on any atom is 0.221 e. The maximum atomic E-state index is 11.8. The van der Waals surface area contributed by atoms with Crippen molar-refractivity contribution in [1.29, 1.82) is 0 Å². The third kappa shape index (κ3) is 5.85. The Bertz CT molecular complexity index is 1520. The fourth-order valence-electron chi connectivity index (χ4n) is 4.34. The molecule has 0 atom stereocenters. The van der Waals surface area contributed by atoms with E-state index >= 15 is 0 Å². The molecule has 0 aliphatic rings. The van der Waals surface area contributed by atoms with Crippen LogP contribution in [0.15, 0.2) is 54.6 Å². The highest BCUT2D eigenvalue weighted by atomic mass is 16.5. The lowest BCUT2D eigenvalue weighted by molar-refractivity contribution is -0.115. The minimum atomic E-state index is -0.367. The molecule has 1 heterocycles. The van der Waals surface area contributed by atoms with Gasteiger partial charge in [0.2, 0.25) is 11.8 Å². The second-order valence-electron chi connectivity index (χ2n) is 9.81. The van der Waals surface area contributed by atoms with E-state index in [2.05, 4.69) is 15.6 Å². The van der Waals surface area contributed by atoms with Crippen LogP contribution in [0.3, 0.4) is 0 Å². The molecule has 0 saturated carbocycles. The van der Waals surface area contributed by atoms with Crippen LogP contribution in [-0.2, 0) is 9.59 Å². The fourth-order valence-corrected chi connectivity index (χ4v) is 4.34. The van der Waals surface area contributed by atoms with E-state index in [4.69, 9.17) is 9.72 Å². The first kappa shape index (κ1) is 28.0. The lowest BCUT2D eigenvalue weighted by Gasteiger charge is -2.16. The molecular weight excluding hydrogens is 508 g/mol. The summed E-state index contributed by atoms with van der Waals surface area (Å²) in [5.74, 6) is 0.152. The number of ether oxygens (including phenoxy) is 1. The summed E-state index contributed by atoms with van der Waals surface area (Å²) < 4.78 is 5.78. The number of aromatic hydroxyl groups is 1. The van der Waals surface area contributed by atoms with E-state index in [0.717, 1.165) is 28.2 Å². The zero-order valence-corrected chi connectivity index (χ0v) is 23.7. The Labute approximate surface area is 233 Å². The number of carbonyl (C=O) groups excluding carboxylic acids is 2. The Hall–Kier alpha value is -4.99. The third-order valence-corrected chi connectivity index (χ3v) is 6.34. The molecular formula is C30H34N6O4. The predicted molar refractivity (Wildman–Crippen MR) is 160 cm³/mol. The molecule has 4 N–H and O–H groups in total. The number of rotatable bonds is 8. The number of H-pyrrole nitrogens is 1. The van der Waals surface area contributed by atoms with Crippen LogP contribution in [0.25, 0.3) is 33.9 Å². The molecule has 0 unspecified atom stereocenters. The summed E-state index contributed by atoms with van der Waals surface area (Å²) in [6.07, 6.45) is 0. The highest BCUT2D eigenvalue weighted by Crippen LogP contribution is 2.42. The lowest BCUT2D eigenvalue weighted by atomic mass is 10.0. The normalized spacial score (nSPS) is 10.7. The van der Waals surface area contributed by atoms with Crippen molar-refractivity contribution in [2.45, 2.75) is 13.8 Å². The van der Waals surface area contributed by atoms with Gasteiger partial charge < -0.3 is 35.3 Å². The Morgan fingerprint density at radius 3 is 1.88 bits per heavy atom. The Morgan fingerprint density at radius 2 is 1.38 bits per heavy atom. The highest BCUT2D eigenvalue weighted by molar-refractivity contribution is 5.98. The summed E-state index contributed by atoms with van der Waals surface area (Å²) in [6, 6.07) is 17.2. The molecule has 4 rings (SSSR count). The number of phenolic OH excluding ortho intramolecular Hbond substituents is 1. The minimum Gasteiger partial charge on any atom is -0.504 e. The summed E-state index contributed by atoms with van der Waals surface area (Å²) in [5.41, 5.74) is 5.98. The number of imidazole rings is 1. The molecule has 3 aromatic carbocycles. The number of anilines is 4. The number of nitrogens with one attached hydrogen (secondary N) is 3. The van der Waals surface area contributed by atoms with E-state index in [0.29, 0.717) is 22.8 Å². The standard InChI is InChI=1S/C30H34N6O4/c1-17(37)31-24-14-20(15-25(29(24)39)32-18(2)38)30-33-27(19-8-10-21(11-9-19)35(3)4)28(34-30)23-13-12-22(36(5)6)16-26(23)40-7/h8-16,39H,1-7H3,(H,31,37)(H,32,38)(H,33,34). The molecule has 10 heteroatoms. The van der Waals surface area contributed by atoms with Crippen molar-refractivity contribution in [3.05, 3.63) is 54.6 Å². The molecule has 0 saturated heterocycles. The molecule has 4 aromatic rings. The number of aromatic nitrogens is 2. The summed E-state index contributed by atoms with van der Waals surface area (Å²) in [7, 11) is 9.51. The first-order chi connectivity index (χ1) is 19.0. The zero-order valence-electron chi connectivity index (χ0n) is 23.7. The van der Waals surface area contributed by atoms with Crippen LogP contribution in [0, 0.1) is 0 Å². The first-order valence-corrected chi connectivity index (χ1v) is 12.6. The molecule has 0 bridgehead atoms. The number of carbonyl (C=O) groups is 2. The van der Waals surface area contributed by atoms with E-state index in [1.807, 2.05) is 80.5 Å². The molecule has 1 aromatic heterocycles. The van der Waals surface area contributed by atoms with Crippen molar-refractivity contribution in [2.75, 3.05) is 55.7 Å². The van der Waals surface area contributed by atoms with Crippen LogP contribution in [-0.4, -0.2) is 62.2 Å². The Morgan fingerprint density at radius 1 is 0.825 bits per heavy atom. The van der Waals surface area contributed by atoms with Gasteiger partial charge in [-0.3, -0.25) is 9.59 Å². The van der Waals surface area contributed by atoms with E-state index < -0.39 is 0 Å². The lowest BCUT2D eigenvalue weighted by Crippen LogP contribution is -2.10. The van der Waals surface area contributed by atoms with Gasteiger partial charge in [-0.05, 0) is 36.4 Å². The largest absolute Gasteiger partial charge is 0.504 e. The molecule has 0 spiro atoms. The van der Waals surface area contributed by atoms with Gasteiger partial charge in [0, 0.05) is 76.2 Å². The summed E-state index contributed by atoms with van der Waals surface area (Å²) >= 11 is 0. The fraction of sp³-hybridized carbons (Fsp3) is 0.233. The zero-order chi connectivity index (χ0) is 29.1. The monoisotopic (exact) mass is 542 g/mol. The van der Waals surface area contributed by atoms with Gasteiger partial charge in [0.05, 0.1) is 29.9 Å². The molecule has 10 nitrogen and oxygen atoms in total. The van der Waals surface area contributed by atoms with Gasteiger partial charge in [-0.2, -0.15) is 0 Å². The van der Waals surface area contributed by atoms with Crippen LogP contribution in [0.1, 0.15) is 13.8 Å². The molecule has 40 heavy (non-hydrogen) atoms. The van der Waals surface area contributed by atoms with E-state index in [1.54, 1.807) is 19.2 Å². The average molecular weight is 543 g/mol.